The molecule has 52 valence electrons. The molecular formula is C5H15N2NaO. The summed E-state index contributed by atoms with van der Waals surface area (Å²) in [6.45, 7) is 1.61. The third kappa shape index (κ3) is 17.7. The topological polar surface area (TPSA) is 82.0 Å². The van der Waals surface area contributed by atoms with E-state index in [-0.39, 0.29) is 35.0 Å². The van der Waals surface area contributed by atoms with Gasteiger partial charge in [-0.15, -0.1) is 0 Å². The first-order valence-electron chi connectivity index (χ1n) is 2.82. The second-order valence-corrected chi connectivity index (χ2v) is 1.64. The average Bonchev–Trinajstić information content (AvgIpc) is 1.69. The first-order chi connectivity index (χ1) is 3.41. The van der Waals surface area contributed by atoms with Crippen LogP contribution in [-0.2, 0) is 0 Å². The van der Waals surface area contributed by atoms with Crippen LogP contribution >= 0.6 is 0 Å². The third-order valence-corrected chi connectivity index (χ3v) is 0.908. The van der Waals surface area contributed by atoms with Gasteiger partial charge in [0.1, 0.15) is 0 Å². The minimum Gasteiger partial charge on any atom is -0.870 e. The van der Waals surface area contributed by atoms with Crippen LogP contribution in [0.1, 0.15) is 19.3 Å². The number of rotatable bonds is 4. The number of hydrogen-bond donors (Lipinski definition) is 2. The van der Waals surface area contributed by atoms with Gasteiger partial charge in [-0.1, -0.05) is 6.42 Å². The number of hydrogen-bond acceptors (Lipinski definition) is 3. The summed E-state index contributed by atoms with van der Waals surface area (Å²) in [5, 5.41) is 0. The molecule has 0 fully saturated rings. The zero-order chi connectivity index (χ0) is 5.54. The van der Waals surface area contributed by atoms with Crippen molar-refractivity contribution < 1.29 is 35.0 Å². The zero-order valence-corrected chi connectivity index (χ0v) is 8.14. The monoisotopic (exact) mass is 142 g/mol. The molecule has 0 atom stereocenters. The standard InChI is InChI=1S/C5H14N2.Na.H2O/c6-4-2-1-3-5-7;;/h1-7H2;;1H2/q;+1;/p-1. The molecule has 0 aliphatic rings. The van der Waals surface area contributed by atoms with Gasteiger partial charge in [-0.05, 0) is 25.9 Å². The molecule has 0 saturated heterocycles. The van der Waals surface area contributed by atoms with E-state index in [1.54, 1.807) is 0 Å². The molecule has 0 heterocycles. The van der Waals surface area contributed by atoms with Crippen molar-refractivity contribution in [3.63, 3.8) is 0 Å². The molecule has 0 aromatic rings. The molecule has 5 N–H and O–H groups in total. The minimum absolute atomic E-state index is 0. The second kappa shape index (κ2) is 15.9. The van der Waals surface area contributed by atoms with Crippen molar-refractivity contribution >= 4 is 0 Å². The summed E-state index contributed by atoms with van der Waals surface area (Å²) in [5.74, 6) is 0. The van der Waals surface area contributed by atoms with Gasteiger partial charge in [0.15, 0.2) is 0 Å². The zero-order valence-electron chi connectivity index (χ0n) is 6.14. The predicted molar refractivity (Wildman–Crippen MR) is 33.9 cm³/mol. The summed E-state index contributed by atoms with van der Waals surface area (Å²) in [5.41, 5.74) is 10.5. The second-order valence-electron chi connectivity index (χ2n) is 1.64. The van der Waals surface area contributed by atoms with Gasteiger partial charge in [-0.2, -0.15) is 0 Å². The van der Waals surface area contributed by atoms with Crippen LogP contribution in [0.15, 0.2) is 0 Å². The Morgan fingerprint density at radius 2 is 1.11 bits per heavy atom. The maximum Gasteiger partial charge on any atom is 1.00 e. The molecule has 0 saturated carbocycles. The van der Waals surface area contributed by atoms with Crippen LogP contribution in [0.4, 0.5) is 0 Å². The van der Waals surface area contributed by atoms with E-state index in [0.29, 0.717) is 0 Å². The Kier molecular flexibility index (Phi) is 29.2. The van der Waals surface area contributed by atoms with Crippen molar-refractivity contribution in [1.82, 2.24) is 0 Å². The predicted octanol–water partition coefficient (Wildman–Crippen LogP) is -3.10. The molecule has 0 aromatic heterocycles. The Balaban J connectivity index is -0.000000180. The van der Waals surface area contributed by atoms with Gasteiger partial charge in [-0.3, -0.25) is 0 Å². The first-order valence-corrected chi connectivity index (χ1v) is 2.82. The Labute approximate surface area is 78.8 Å². The van der Waals surface area contributed by atoms with Gasteiger partial charge >= 0.3 is 29.6 Å². The summed E-state index contributed by atoms with van der Waals surface area (Å²) in [4.78, 5) is 0. The van der Waals surface area contributed by atoms with E-state index in [2.05, 4.69) is 0 Å². The third-order valence-electron chi connectivity index (χ3n) is 0.908. The van der Waals surface area contributed by atoms with E-state index in [0.717, 1.165) is 25.9 Å². The largest absolute Gasteiger partial charge is 1.00 e. The van der Waals surface area contributed by atoms with E-state index >= 15 is 0 Å². The first kappa shape index (κ1) is 16.5. The van der Waals surface area contributed by atoms with Crippen molar-refractivity contribution in [2.75, 3.05) is 13.1 Å². The molecule has 0 aromatic carbocycles. The Morgan fingerprint density at radius 1 is 0.778 bits per heavy atom. The van der Waals surface area contributed by atoms with Crippen molar-refractivity contribution in [1.29, 1.82) is 0 Å². The molecule has 0 unspecified atom stereocenters. The molecular weight excluding hydrogens is 127 g/mol. The van der Waals surface area contributed by atoms with Crippen LogP contribution in [0, 0.1) is 0 Å². The summed E-state index contributed by atoms with van der Waals surface area (Å²) in [6, 6.07) is 0. The van der Waals surface area contributed by atoms with Gasteiger partial charge < -0.3 is 16.9 Å². The fraction of sp³-hybridized carbons (Fsp3) is 1.00. The molecule has 0 bridgehead atoms. The molecule has 9 heavy (non-hydrogen) atoms. The summed E-state index contributed by atoms with van der Waals surface area (Å²) < 4.78 is 0. The van der Waals surface area contributed by atoms with Crippen LogP contribution in [0.2, 0.25) is 0 Å². The Bertz CT molecular complexity index is 34.1. The number of nitrogens with two attached hydrogens (primary N) is 2. The van der Waals surface area contributed by atoms with Gasteiger partial charge in [0.05, 0.1) is 0 Å². The summed E-state index contributed by atoms with van der Waals surface area (Å²) >= 11 is 0. The summed E-state index contributed by atoms with van der Waals surface area (Å²) in [6.07, 6.45) is 3.43. The van der Waals surface area contributed by atoms with Crippen LogP contribution in [0.25, 0.3) is 0 Å². The Hall–Kier alpha value is 0.880. The maximum absolute atomic E-state index is 5.23. The van der Waals surface area contributed by atoms with E-state index in [1.807, 2.05) is 0 Å². The SMILES string of the molecule is NCCCCCN.[Na+].[OH-]. The van der Waals surface area contributed by atoms with E-state index in [4.69, 9.17) is 11.5 Å². The summed E-state index contributed by atoms with van der Waals surface area (Å²) in [7, 11) is 0. The van der Waals surface area contributed by atoms with Crippen LogP contribution in [0.5, 0.6) is 0 Å². The van der Waals surface area contributed by atoms with E-state index in [1.165, 1.54) is 6.42 Å². The van der Waals surface area contributed by atoms with Crippen LogP contribution < -0.4 is 41.0 Å². The fourth-order valence-electron chi connectivity index (χ4n) is 0.465. The molecule has 0 spiro atoms. The van der Waals surface area contributed by atoms with Crippen molar-refractivity contribution in [3.8, 4) is 0 Å². The fourth-order valence-corrected chi connectivity index (χ4v) is 0.465. The van der Waals surface area contributed by atoms with Gasteiger partial charge in [0, 0.05) is 0 Å². The van der Waals surface area contributed by atoms with Crippen LogP contribution in [-0.4, -0.2) is 18.6 Å². The van der Waals surface area contributed by atoms with Crippen molar-refractivity contribution in [3.05, 3.63) is 0 Å². The average molecular weight is 142 g/mol. The molecule has 0 amide bonds. The van der Waals surface area contributed by atoms with Crippen LogP contribution in [0.3, 0.4) is 0 Å². The minimum atomic E-state index is 0. The van der Waals surface area contributed by atoms with Gasteiger partial charge in [0.25, 0.3) is 0 Å². The van der Waals surface area contributed by atoms with Gasteiger partial charge in [-0.25, -0.2) is 0 Å². The van der Waals surface area contributed by atoms with Gasteiger partial charge in [0.2, 0.25) is 0 Å². The molecule has 3 nitrogen and oxygen atoms in total. The molecule has 0 radical (unpaired) electrons. The molecule has 0 rings (SSSR count). The Morgan fingerprint density at radius 3 is 1.33 bits per heavy atom. The van der Waals surface area contributed by atoms with E-state index < -0.39 is 0 Å². The molecule has 4 heteroatoms. The molecule has 0 aliphatic carbocycles. The van der Waals surface area contributed by atoms with Crippen molar-refractivity contribution in [2.24, 2.45) is 11.5 Å². The smallest absolute Gasteiger partial charge is 0.870 e. The maximum atomic E-state index is 5.23. The van der Waals surface area contributed by atoms with Crippen molar-refractivity contribution in [2.45, 2.75) is 19.3 Å². The molecule has 0 aliphatic heterocycles. The van der Waals surface area contributed by atoms with E-state index in [9.17, 15) is 0 Å². The number of unbranched alkanes of at least 4 members (excludes halogenated alkanes) is 2. The normalized spacial score (nSPS) is 7.33. The quantitative estimate of drug-likeness (QED) is 0.322.